The number of aryl methyl sites for hydroxylation is 1. The molecule has 0 bridgehead atoms. The van der Waals surface area contributed by atoms with Gasteiger partial charge in [-0.15, -0.1) is 0 Å². The van der Waals surface area contributed by atoms with Gasteiger partial charge in [-0.25, -0.2) is 0 Å². The van der Waals surface area contributed by atoms with E-state index in [9.17, 15) is 19.7 Å². The van der Waals surface area contributed by atoms with Crippen molar-refractivity contribution < 1.29 is 14.5 Å². The second kappa shape index (κ2) is 5.20. The van der Waals surface area contributed by atoms with Crippen molar-refractivity contribution in [1.29, 1.82) is 0 Å². The molecule has 0 heterocycles. The first-order valence-electron chi connectivity index (χ1n) is 4.94. The Morgan fingerprint density at radius 3 is 2.53 bits per heavy atom. The lowest BCUT2D eigenvalue weighted by Crippen LogP contribution is -2.14. The Morgan fingerprint density at radius 1 is 1.41 bits per heavy atom. The van der Waals surface area contributed by atoms with E-state index in [4.69, 9.17) is 0 Å². The number of carbonyl (C=O) groups is 2. The molecule has 1 aromatic carbocycles. The smallest absolute Gasteiger partial charge is 0.272 e. The molecular formula is C11H12N2O4. The van der Waals surface area contributed by atoms with E-state index in [0.717, 1.165) is 0 Å². The number of rotatable bonds is 4. The third-order valence-corrected chi connectivity index (χ3v) is 2.09. The normalized spacial score (nSPS) is 9.76. The zero-order valence-corrected chi connectivity index (χ0v) is 9.52. The van der Waals surface area contributed by atoms with Gasteiger partial charge in [-0.1, -0.05) is 0 Å². The van der Waals surface area contributed by atoms with Crippen LogP contribution in [0.3, 0.4) is 0 Å². The summed E-state index contributed by atoms with van der Waals surface area (Å²) in [5.41, 5.74) is 0.893. The fraction of sp³-hybridized carbons (Fsp3) is 0.273. The van der Waals surface area contributed by atoms with Crippen molar-refractivity contribution in [2.45, 2.75) is 20.3 Å². The number of nitrogens with zero attached hydrogens (tertiary/aromatic N) is 1. The highest BCUT2D eigenvalue weighted by molar-refractivity contribution is 6.03. The molecule has 1 N–H and O–H groups in total. The van der Waals surface area contributed by atoms with Gasteiger partial charge in [0.05, 0.1) is 11.3 Å². The number of anilines is 1. The molecule has 1 rings (SSSR count). The number of hydrogen-bond acceptors (Lipinski definition) is 4. The van der Waals surface area contributed by atoms with Crippen LogP contribution in [0.2, 0.25) is 0 Å². The SMILES string of the molecule is CC(=O)CC(=O)Nc1ccc([N+](=O)[O-])c(C)c1. The summed E-state index contributed by atoms with van der Waals surface area (Å²) < 4.78 is 0. The maximum absolute atomic E-state index is 11.3. The summed E-state index contributed by atoms with van der Waals surface area (Å²) in [5, 5.41) is 13.1. The molecule has 1 amide bonds. The van der Waals surface area contributed by atoms with Crippen LogP contribution >= 0.6 is 0 Å². The van der Waals surface area contributed by atoms with Crippen molar-refractivity contribution in [1.82, 2.24) is 0 Å². The number of amides is 1. The molecule has 0 aliphatic carbocycles. The molecule has 0 fully saturated rings. The molecule has 0 radical (unpaired) electrons. The quantitative estimate of drug-likeness (QED) is 0.490. The van der Waals surface area contributed by atoms with Gasteiger partial charge in [0.15, 0.2) is 0 Å². The molecule has 0 saturated heterocycles. The maximum atomic E-state index is 11.3. The van der Waals surface area contributed by atoms with E-state index < -0.39 is 10.8 Å². The largest absolute Gasteiger partial charge is 0.326 e. The summed E-state index contributed by atoms with van der Waals surface area (Å²) in [6.45, 7) is 2.90. The van der Waals surface area contributed by atoms with Crippen LogP contribution in [-0.4, -0.2) is 16.6 Å². The molecule has 0 atom stereocenters. The predicted molar refractivity (Wildman–Crippen MR) is 61.8 cm³/mol. The van der Waals surface area contributed by atoms with Crippen LogP contribution in [0.4, 0.5) is 11.4 Å². The number of carbonyl (C=O) groups excluding carboxylic acids is 2. The van der Waals surface area contributed by atoms with Gasteiger partial charge < -0.3 is 5.32 Å². The van der Waals surface area contributed by atoms with Gasteiger partial charge in [0.1, 0.15) is 5.78 Å². The third-order valence-electron chi connectivity index (χ3n) is 2.09. The Morgan fingerprint density at radius 2 is 2.06 bits per heavy atom. The van der Waals surface area contributed by atoms with Gasteiger partial charge >= 0.3 is 0 Å². The molecule has 0 spiro atoms. The first-order valence-corrected chi connectivity index (χ1v) is 4.94. The van der Waals surface area contributed by atoms with E-state index >= 15 is 0 Å². The first kappa shape index (κ1) is 12.8. The average molecular weight is 236 g/mol. The number of benzene rings is 1. The molecule has 90 valence electrons. The Bertz CT molecular complexity index is 482. The molecule has 6 nitrogen and oxygen atoms in total. The van der Waals surface area contributed by atoms with Gasteiger partial charge in [-0.05, 0) is 26.0 Å². The Labute approximate surface area is 97.8 Å². The number of nitro groups is 1. The molecule has 0 aromatic heterocycles. The molecular weight excluding hydrogens is 224 g/mol. The van der Waals surface area contributed by atoms with Crippen LogP contribution in [0.15, 0.2) is 18.2 Å². The fourth-order valence-corrected chi connectivity index (χ4v) is 1.37. The van der Waals surface area contributed by atoms with Crippen molar-refractivity contribution in [2.75, 3.05) is 5.32 Å². The minimum Gasteiger partial charge on any atom is -0.326 e. The van der Waals surface area contributed by atoms with E-state index in [1.54, 1.807) is 6.92 Å². The molecule has 0 saturated carbocycles. The number of hydrogen-bond donors (Lipinski definition) is 1. The summed E-state index contributed by atoms with van der Waals surface area (Å²) >= 11 is 0. The lowest BCUT2D eigenvalue weighted by Gasteiger charge is -2.05. The molecule has 17 heavy (non-hydrogen) atoms. The van der Waals surface area contributed by atoms with Crippen molar-refractivity contribution in [3.63, 3.8) is 0 Å². The van der Waals surface area contributed by atoms with Crippen molar-refractivity contribution >= 4 is 23.1 Å². The zero-order valence-electron chi connectivity index (χ0n) is 9.52. The van der Waals surface area contributed by atoms with Crippen LogP contribution in [0.1, 0.15) is 18.9 Å². The third kappa shape index (κ3) is 3.67. The van der Waals surface area contributed by atoms with Crippen LogP contribution in [0.25, 0.3) is 0 Å². The average Bonchev–Trinajstić information content (AvgIpc) is 2.15. The first-order chi connectivity index (χ1) is 7.90. The van der Waals surface area contributed by atoms with Crippen LogP contribution in [-0.2, 0) is 9.59 Å². The summed E-state index contributed by atoms with van der Waals surface area (Å²) in [7, 11) is 0. The van der Waals surface area contributed by atoms with Gasteiger partial charge in [0, 0.05) is 17.3 Å². The van der Waals surface area contributed by atoms with Gasteiger partial charge in [0.2, 0.25) is 5.91 Å². The summed E-state index contributed by atoms with van der Waals surface area (Å²) in [4.78, 5) is 32.1. The number of nitro benzene ring substituents is 1. The predicted octanol–water partition coefficient (Wildman–Crippen LogP) is 1.82. The summed E-state index contributed by atoms with van der Waals surface area (Å²) in [6.07, 6.45) is -0.198. The van der Waals surface area contributed by atoms with Crippen LogP contribution in [0, 0.1) is 17.0 Å². The van der Waals surface area contributed by atoms with Crippen molar-refractivity contribution in [2.24, 2.45) is 0 Å². The van der Waals surface area contributed by atoms with Crippen molar-refractivity contribution in [3.8, 4) is 0 Å². The van der Waals surface area contributed by atoms with Crippen LogP contribution in [0.5, 0.6) is 0 Å². The molecule has 0 unspecified atom stereocenters. The Hall–Kier alpha value is -2.24. The topological polar surface area (TPSA) is 89.3 Å². The minimum absolute atomic E-state index is 0.00503. The number of Topliss-reactive ketones (excluding diaryl/α,β-unsaturated/α-hetero) is 1. The summed E-state index contributed by atoms with van der Waals surface area (Å²) in [6, 6.07) is 4.25. The van der Waals surface area contributed by atoms with Crippen molar-refractivity contribution in [3.05, 3.63) is 33.9 Å². The number of nitrogens with one attached hydrogen (secondary N) is 1. The standard InChI is InChI=1S/C11H12N2O4/c1-7-5-9(3-4-10(7)13(16)17)12-11(15)6-8(2)14/h3-5H,6H2,1-2H3,(H,12,15). The number of ketones is 1. The van der Waals surface area contributed by atoms with Gasteiger partial charge in [-0.3, -0.25) is 19.7 Å². The van der Waals surface area contributed by atoms with E-state index in [-0.39, 0.29) is 17.9 Å². The highest BCUT2D eigenvalue weighted by Crippen LogP contribution is 2.21. The second-order valence-electron chi connectivity index (χ2n) is 3.69. The zero-order chi connectivity index (χ0) is 13.0. The monoisotopic (exact) mass is 236 g/mol. The van der Waals surface area contributed by atoms with Crippen LogP contribution < -0.4 is 5.32 Å². The van der Waals surface area contributed by atoms with E-state index in [1.165, 1.54) is 25.1 Å². The second-order valence-corrected chi connectivity index (χ2v) is 3.69. The van der Waals surface area contributed by atoms with Gasteiger partial charge in [0.25, 0.3) is 5.69 Å². The Kier molecular flexibility index (Phi) is 3.92. The fourth-order valence-electron chi connectivity index (χ4n) is 1.37. The molecule has 1 aromatic rings. The van der Waals surface area contributed by atoms with E-state index in [2.05, 4.69) is 5.32 Å². The molecule has 0 aliphatic rings. The molecule has 0 aliphatic heterocycles. The minimum atomic E-state index is -0.490. The maximum Gasteiger partial charge on any atom is 0.272 e. The lowest BCUT2D eigenvalue weighted by atomic mass is 10.2. The highest BCUT2D eigenvalue weighted by Gasteiger charge is 2.11. The molecule has 6 heteroatoms. The Balaban J connectivity index is 2.81. The van der Waals surface area contributed by atoms with E-state index in [0.29, 0.717) is 11.3 Å². The summed E-state index contributed by atoms with van der Waals surface area (Å²) in [5.74, 6) is -0.660. The lowest BCUT2D eigenvalue weighted by molar-refractivity contribution is -0.385. The van der Waals surface area contributed by atoms with Gasteiger partial charge in [-0.2, -0.15) is 0 Å². The highest BCUT2D eigenvalue weighted by atomic mass is 16.6. The van der Waals surface area contributed by atoms with E-state index in [1.807, 2.05) is 0 Å².